The number of carbonyl (C=O) groups is 3. The number of aliphatic carboxylic acids is 1. The van der Waals surface area contributed by atoms with Gasteiger partial charge in [0.25, 0.3) is 0 Å². The first-order valence-electron chi connectivity index (χ1n) is 14.6. The Morgan fingerprint density at radius 2 is 1.75 bits per heavy atom. The molecule has 40 heavy (non-hydrogen) atoms. The summed E-state index contributed by atoms with van der Waals surface area (Å²) in [6, 6.07) is 0. The monoisotopic (exact) mass is 564 g/mol. The highest BCUT2D eigenvalue weighted by molar-refractivity contribution is 5.86. The molecule has 0 spiro atoms. The molecule has 0 bridgehead atoms. The molecule has 0 aromatic rings. The molecule has 1 saturated heterocycles. The van der Waals surface area contributed by atoms with Crippen LogP contribution in [0.1, 0.15) is 65.2 Å². The van der Waals surface area contributed by atoms with E-state index in [0.29, 0.717) is 25.7 Å². The quantitative estimate of drug-likeness (QED) is 0.240. The second kappa shape index (κ2) is 9.57. The molecule has 0 radical (unpaired) electrons. The molecule has 5 N–H and O–H groups in total. The lowest BCUT2D eigenvalue weighted by atomic mass is 9.41. The topological polar surface area (TPSA) is 180 Å². The first kappa shape index (κ1) is 28.2. The number of hydrogen-bond donors (Lipinski definition) is 5. The highest BCUT2D eigenvalue weighted by Crippen LogP contribution is 2.70. The van der Waals surface area contributed by atoms with E-state index in [1.807, 2.05) is 6.92 Å². The number of esters is 1. The van der Waals surface area contributed by atoms with Crippen LogP contribution in [-0.4, -0.2) is 92.3 Å². The third kappa shape index (κ3) is 3.74. The Hall–Kier alpha value is -1.89. The zero-order chi connectivity index (χ0) is 28.8. The van der Waals surface area contributed by atoms with Crippen molar-refractivity contribution >= 4 is 17.7 Å². The molecule has 11 heteroatoms. The van der Waals surface area contributed by atoms with Gasteiger partial charge in [0.1, 0.15) is 12.7 Å². The summed E-state index contributed by atoms with van der Waals surface area (Å²) in [4.78, 5) is 37.4. The number of hydrogen-bond acceptors (Lipinski definition) is 10. The zero-order valence-corrected chi connectivity index (χ0v) is 22.9. The second-order valence-electron chi connectivity index (χ2n) is 13.3. The normalized spacial score (nSPS) is 52.3. The van der Waals surface area contributed by atoms with Crippen LogP contribution in [0.2, 0.25) is 0 Å². The number of ketones is 1. The van der Waals surface area contributed by atoms with Crippen LogP contribution in [0.25, 0.3) is 0 Å². The largest absolute Gasteiger partial charge is 0.481 e. The second-order valence-corrected chi connectivity index (χ2v) is 13.3. The van der Waals surface area contributed by atoms with Gasteiger partial charge in [0.2, 0.25) is 12.1 Å². The Labute approximate surface area is 232 Å². The number of carboxylic acid groups (broad SMARTS) is 1. The highest BCUT2D eigenvalue weighted by atomic mass is 16.7. The van der Waals surface area contributed by atoms with E-state index in [9.17, 15) is 39.9 Å². The predicted octanol–water partition coefficient (Wildman–Crippen LogP) is 0.700. The maximum absolute atomic E-state index is 13.1. The van der Waals surface area contributed by atoms with Gasteiger partial charge in [0.05, 0.1) is 35.4 Å². The molecular formula is C29H40O11. The van der Waals surface area contributed by atoms with Gasteiger partial charge in [-0.1, -0.05) is 6.92 Å². The number of aliphatic hydroxyl groups excluding tert-OH is 3. The number of ether oxygens (including phenoxy) is 3. The summed E-state index contributed by atoms with van der Waals surface area (Å²) in [5.41, 5.74) is -2.97. The molecule has 2 heterocycles. The van der Waals surface area contributed by atoms with Crippen LogP contribution in [0.3, 0.4) is 0 Å². The van der Waals surface area contributed by atoms with Crippen LogP contribution in [0.15, 0.2) is 11.6 Å². The van der Waals surface area contributed by atoms with E-state index < -0.39 is 88.7 Å². The number of cyclic esters (lactones) is 1. The molecular weight excluding hydrogens is 524 g/mol. The fourth-order valence-electron chi connectivity index (χ4n) is 9.79. The molecule has 0 aromatic heterocycles. The van der Waals surface area contributed by atoms with Gasteiger partial charge in [-0.25, -0.2) is 4.79 Å². The van der Waals surface area contributed by atoms with Crippen molar-refractivity contribution in [3.05, 3.63) is 11.6 Å². The van der Waals surface area contributed by atoms with Crippen LogP contribution >= 0.6 is 0 Å². The maximum Gasteiger partial charge on any atom is 0.331 e. The minimum Gasteiger partial charge on any atom is -0.481 e. The smallest absolute Gasteiger partial charge is 0.331 e. The Morgan fingerprint density at radius 3 is 2.42 bits per heavy atom. The van der Waals surface area contributed by atoms with Gasteiger partial charge >= 0.3 is 11.9 Å². The van der Waals surface area contributed by atoms with E-state index in [-0.39, 0.29) is 38.2 Å². The number of fused-ring (bicyclic) bond motifs is 5. The van der Waals surface area contributed by atoms with Gasteiger partial charge in [-0.15, -0.1) is 0 Å². The van der Waals surface area contributed by atoms with E-state index in [4.69, 9.17) is 14.2 Å². The van der Waals surface area contributed by atoms with Gasteiger partial charge in [0.15, 0.2) is 0 Å². The van der Waals surface area contributed by atoms with Crippen molar-refractivity contribution in [2.75, 3.05) is 6.61 Å². The van der Waals surface area contributed by atoms with Gasteiger partial charge in [-0.05, 0) is 75.2 Å². The van der Waals surface area contributed by atoms with E-state index in [1.54, 1.807) is 6.92 Å². The molecule has 2 aliphatic heterocycles. The van der Waals surface area contributed by atoms with Crippen LogP contribution in [0.5, 0.6) is 0 Å². The summed E-state index contributed by atoms with van der Waals surface area (Å²) in [6.07, 6.45) is -2.29. The summed E-state index contributed by atoms with van der Waals surface area (Å²) >= 11 is 0. The minimum absolute atomic E-state index is 0.133. The summed E-state index contributed by atoms with van der Waals surface area (Å²) in [6.45, 7) is 3.70. The van der Waals surface area contributed by atoms with E-state index in [1.165, 1.54) is 6.08 Å². The van der Waals surface area contributed by atoms with E-state index >= 15 is 0 Å². The van der Waals surface area contributed by atoms with Crippen LogP contribution in [0, 0.1) is 34.5 Å². The van der Waals surface area contributed by atoms with Gasteiger partial charge < -0.3 is 39.7 Å². The molecule has 5 fully saturated rings. The van der Waals surface area contributed by atoms with Gasteiger partial charge in [0, 0.05) is 23.8 Å². The molecule has 222 valence electrons. The highest BCUT2D eigenvalue weighted by Gasteiger charge is 2.73. The molecule has 6 rings (SSSR count). The predicted molar refractivity (Wildman–Crippen MR) is 135 cm³/mol. The van der Waals surface area contributed by atoms with Crippen molar-refractivity contribution in [1.82, 2.24) is 0 Å². The number of carboxylic acids is 1. The van der Waals surface area contributed by atoms with Crippen molar-refractivity contribution < 1.29 is 54.1 Å². The average molecular weight is 565 g/mol. The number of Topliss-reactive ketones (excluding diaryl/α,β-unsaturated/α-hetero) is 1. The third-order valence-electron chi connectivity index (χ3n) is 11.8. The van der Waals surface area contributed by atoms with Gasteiger partial charge in [-0.3, -0.25) is 9.59 Å². The fourth-order valence-corrected chi connectivity index (χ4v) is 9.79. The minimum atomic E-state index is -1.39. The fraction of sp³-hybridized carbons (Fsp3) is 0.828. The lowest BCUT2D eigenvalue weighted by Gasteiger charge is -2.64. The first-order chi connectivity index (χ1) is 18.8. The van der Waals surface area contributed by atoms with Crippen LogP contribution < -0.4 is 0 Å². The standard InChI is InChI=1S/C29H40O11/c1-13-9-19(30)24(34)25(39-13)40-20-6-7-28(26(35)36)17(23(20)33)4-3-16-18(28)11-21(31)27(2)15(5-8-29(16,27)37)14-10-22(32)38-12-14/h10,13,15-21,23,25,30-31,33,37H,3-9,11-12H2,1-2H3,(H,35,36). The van der Waals surface area contributed by atoms with E-state index in [0.717, 1.165) is 5.57 Å². The van der Waals surface area contributed by atoms with Crippen molar-refractivity contribution in [2.24, 2.45) is 34.5 Å². The Kier molecular flexibility index (Phi) is 6.76. The number of rotatable bonds is 4. The Balaban J connectivity index is 1.28. The molecule has 4 saturated carbocycles. The third-order valence-corrected chi connectivity index (χ3v) is 11.8. The Bertz CT molecular complexity index is 1120. The first-order valence-corrected chi connectivity index (χ1v) is 14.6. The molecule has 13 unspecified atom stereocenters. The van der Waals surface area contributed by atoms with E-state index in [2.05, 4.69) is 0 Å². The molecule has 11 nitrogen and oxygen atoms in total. The number of aliphatic hydroxyl groups is 4. The van der Waals surface area contributed by atoms with Crippen LogP contribution in [-0.2, 0) is 28.6 Å². The summed E-state index contributed by atoms with van der Waals surface area (Å²) in [7, 11) is 0. The number of carbonyl (C=O) groups excluding carboxylic acids is 2. The van der Waals surface area contributed by atoms with Crippen molar-refractivity contribution in [2.45, 2.75) is 108 Å². The molecule has 0 aromatic carbocycles. The van der Waals surface area contributed by atoms with Crippen LogP contribution in [0.4, 0.5) is 0 Å². The van der Waals surface area contributed by atoms with Crippen molar-refractivity contribution in [3.63, 3.8) is 0 Å². The molecule has 13 atom stereocenters. The average Bonchev–Trinajstić information content (AvgIpc) is 3.45. The Morgan fingerprint density at radius 1 is 1.02 bits per heavy atom. The SMILES string of the molecule is CC1CC(O)C(=O)C(OC2CCC3(C(=O)O)C(CCC4C3CC(O)C3(C)C(C5=CC(=O)OC5)CCC43O)C2O)O1. The van der Waals surface area contributed by atoms with Gasteiger partial charge in [-0.2, -0.15) is 0 Å². The zero-order valence-electron chi connectivity index (χ0n) is 22.9. The summed E-state index contributed by atoms with van der Waals surface area (Å²) < 4.78 is 16.6. The molecule has 0 amide bonds. The van der Waals surface area contributed by atoms with Crippen molar-refractivity contribution in [1.29, 1.82) is 0 Å². The maximum atomic E-state index is 13.1. The summed E-state index contributed by atoms with van der Waals surface area (Å²) in [5.74, 6) is -4.09. The molecule has 4 aliphatic carbocycles. The van der Waals surface area contributed by atoms with Crippen molar-refractivity contribution in [3.8, 4) is 0 Å². The lowest BCUT2D eigenvalue weighted by Crippen LogP contribution is -2.70. The lowest BCUT2D eigenvalue weighted by molar-refractivity contribution is -0.274. The molecule has 6 aliphatic rings. The summed E-state index contributed by atoms with van der Waals surface area (Å²) in [5, 5.41) is 56.3.